The first-order chi connectivity index (χ1) is 15.2. The van der Waals surface area contributed by atoms with Crippen LogP contribution >= 0.6 is 0 Å². The maximum Gasteiger partial charge on any atom is 0.298 e. The van der Waals surface area contributed by atoms with Crippen molar-refractivity contribution in [2.24, 2.45) is 22.2 Å². The minimum absolute atomic E-state index is 0.0303. The summed E-state index contributed by atoms with van der Waals surface area (Å²) in [5.41, 5.74) is 0.162. The largest absolute Gasteiger partial charge is 0.504 e. The van der Waals surface area contributed by atoms with Gasteiger partial charge in [0, 0.05) is 5.56 Å². The van der Waals surface area contributed by atoms with E-state index in [4.69, 9.17) is 9.47 Å². The smallest absolute Gasteiger partial charge is 0.298 e. The fourth-order valence-corrected chi connectivity index (χ4v) is 7.58. The number of phenolic OH excluding ortho intramolecular Hbond substituents is 1. The predicted octanol–water partition coefficient (Wildman–Crippen LogP) is 7.23. The van der Waals surface area contributed by atoms with Gasteiger partial charge in [0.15, 0.2) is 11.5 Å². The van der Waals surface area contributed by atoms with Crippen LogP contribution in [0.1, 0.15) is 106 Å². The van der Waals surface area contributed by atoms with Crippen LogP contribution in [-0.4, -0.2) is 32.3 Å². The summed E-state index contributed by atoms with van der Waals surface area (Å²) in [6.07, 6.45) is 2.75. The van der Waals surface area contributed by atoms with Gasteiger partial charge in [-0.15, -0.1) is 0 Å². The third kappa shape index (κ3) is 6.81. The minimum Gasteiger partial charge on any atom is -0.504 e. The highest BCUT2D eigenvalue weighted by molar-refractivity contribution is 7.86. The van der Waals surface area contributed by atoms with Gasteiger partial charge in [0.2, 0.25) is 5.75 Å². The van der Waals surface area contributed by atoms with Gasteiger partial charge in [-0.25, -0.2) is 0 Å². The first kappa shape index (κ1) is 30.6. The zero-order valence-corrected chi connectivity index (χ0v) is 24.2. The van der Waals surface area contributed by atoms with Gasteiger partial charge in [-0.2, -0.15) is 8.42 Å². The van der Waals surface area contributed by atoms with Crippen molar-refractivity contribution in [3.05, 3.63) is 11.1 Å². The van der Waals surface area contributed by atoms with Crippen molar-refractivity contribution in [1.29, 1.82) is 0 Å². The number of hydrogen-bond donors (Lipinski definition) is 2. The summed E-state index contributed by atoms with van der Waals surface area (Å²) in [6, 6.07) is 0. The van der Waals surface area contributed by atoms with E-state index in [2.05, 4.69) is 62.3 Å². The molecule has 0 aliphatic heterocycles. The third-order valence-corrected chi connectivity index (χ3v) is 7.34. The second-order valence-corrected chi connectivity index (χ2v) is 14.0. The lowest BCUT2D eigenvalue weighted by molar-refractivity contribution is 0.0761. The van der Waals surface area contributed by atoms with Crippen LogP contribution in [0.25, 0.3) is 0 Å². The van der Waals surface area contributed by atoms with E-state index in [9.17, 15) is 18.1 Å². The molecule has 0 aromatic heterocycles. The molecule has 2 N–H and O–H groups in total. The molecule has 0 saturated heterocycles. The van der Waals surface area contributed by atoms with Crippen molar-refractivity contribution < 1.29 is 27.6 Å². The average Bonchev–Trinajstić information content (AvgIpc) is 2.59. The van der Waals surface area contributed by atoms with Crippen molar-refractivity contribution in [2.75, 3.05) is 14.2 Å². The van der Waals surface area contributed by atoms with Gasteiger partial charge in [-0.05, 0) is 52.9 Å². The molecule has 7 heteroatoms. The summed E-state index contributed by atoms with van der Waals surface area (Å²) in [7, 11) is -2.05. The fourth-order valence-electron chi connectivity index (χ4n) is 6.65. The normalized spacial score (nSPS) is 14.4. The Morgan fingerprint density at radius 3 is 1.76 bits per heavy atom. The molecule has 0 aliphatic rings. The zero-order valence-electron chi connectivity index (χ0n) is 23.4. The maximum absolute atomic E-state index is 13.0. The molecule has 1 rings (SSSR count). The van der Waals surface area contributed by atoms with E-state index in [1.165, 1.54) is 14.2 Å². The highest BCUT2D eigenvalue weighted by Gasteiger charge is 2.48. The van der Waals surface area contributed by atoms with Gasteiger partial charge in [0.1, 0.15) is 4.90 Å². The van der Waals surface area contributed by atoms with Crippen LogP contribution in [0.2, 0.25) is 0 Å². The molecule has 1 atom stereocenters. The first-order valence-corrected chi connectivity index (χ1v) is 13.7. The Morgan fingerprint density at radius 1 is 0.912 bits per heavy atom. The van der Waals surface area contributed by atoms with Gasteiger partial charge in [-0.3, -0.25) is 4.55 Å². The number of phenols is 1. The summed E-state index contributed by atoms with van der Waals surface area (Å²) in [4.78, 5) is -0.295. The molecule has 0 radical (unpaired) electrons. The highest BCUT2D eigenvalue weighted by atomic mass is 32.2. The van der Waals surface area contributed by atoms with Crippen LogP contribution in [0.5, 0.6) is 17.2 Å². The minimum atomic E-state index is -4.72. The van der Waals surface area contributed by atoms with Gasteiger partial charge in [0.25, 0.3) is 10.1 Å². The molecule has 0 bridgehead atoms. The molecule has 34 heavy (non-hydrogen) atoms. The van der Waals surface area contributed by atoms with Crippen molar-refractivity contribution >= 4 is 10.1 Å². The lowest BCUT2D eigenvalue weighted by Crippen LogP contribution is -2.39. The predicted molar refractivity (Wildman–Crippen MR) is 139 cm³/mol. The molecule has 198 valence electrons. The van der Waals surface area contributed by atoms with Crippen LogP contribution in [0.15, 0.2) is 4.90 Å². The lowest BCUT2D eigenvalue weighted by Gasteiger charge is -2.49. The lowest BCUT2D eigenvalue weighted by atomic mass is 9.56. The highest BCUT2D eigenvalue weighted by Crippen LogP contribution is 2.60. The SMILES string of the molecule is CCCc1c(O)c(OC)c(OC)c(S(=O)(=O)O)c1C(C(C)(C)CC(C)C)C(C)(C)CC(C)(C)C. The third-order valence-electron chi connectivity index (χ3n) is 6.42. The Hall–Kier alpha value is -1.47. The molecule has 0 spiro atoms. The number of methoxy groups -OCH3 is 2. The summed E-state index contributed by atoms with van der Waals surface area (Å²) < 4.78 is 47.4. The van der Waals surface area contributed by atoms with Crippen LogP contribution in [0.4, 0.5) is 0 Å². The molecule has 0 aliphatic carbocycles. The van der Waals surface area contributed by atoms with E-state index in [0.717, 1.165) is 12.8 Å². The summed E-state index contributed by atoms with van der Waals surface area (Å²) >= 11 is 0. The van der Waals surface area contributed by atoms with Gasteiger partial charge < -0.3 is 14.6 Å². The van der Waals surface area contributed by atoms with Crippen LogP contribution in [0.3, 0.4) is 0 Å². The van der Waals surface area contributed by atoms with Crippen LogP contribution in [-0.2, 0) is 16.5 Å². The Bertz CT molecular complexity index is 953. The van der Waals surface area contributed by atoms with Gasteiger partial charge in [-0.1, -0.05) is 75.7 Å². The molecule has 0 saturated carbocycles. The van der Waals surface area contributed by atoms with Crippen molar-refractivity contribution in [2.45, 2.75) is 106 Å². The standard InChI is InChI=1S/C27H48O6S/c1-13-14-18-19(23(34(29,30)31)22(33-12)21(32-11)20(18)28)24(26(7,8)15-17(2)3)27(9,10)16-25(4,5)6/h17,24,28H,13-16H2,1-12H3,(H,29,30,31). The molecule has 0 heterocycles. The Labute approximate surface area is 208 Å². The molecule has 0 amide bonds. The monoisotopic (exact) mass is 500 g/mol. The zero-order chi connectivity index (χ0) is 26.9. The number of benzene rings is 1. The Morgan fingerprint density at radius 2 is 1.41 bits per heavy atom. The number of hydrogen-bond acceptors (Lipinski definition) is 5. The van der Waals surface area contributed by atoms with Crippen molar-refractivity contribution in [3.63, 3.8) is 0 Å². The fraction of sp³-hybridized carbons (Fsp3) is 0.778. The quantitative estimate of drug-likeness (QED) is 0.311. The van der Waals surface area contributed by atoms with Crippen LogP contribution in [0, 0.1) is 22.2 Å². The second-order valence-electron chi connectivity index (χ2n) is 12.6. The number of ether oxygens (including phenoxy) is 2. The molecular formula is C27H48O6S. The van der Waals surface area contributed by atoms with E-state index in [-0.39, 0.29) is 44.3 Å². The van der Waals surface area contributed by atoms with E-state index >= 15 is 0 Å². The number of aromatic hydroxyl groups is 1. The maximum atomic E-state index is 13.0. The van der Waals surface area contributed by atoms with E-state index in [1.54, 1.807) is 0 Å². The molecule has 1 unspecified atom stereocenters. The average molecular weight is 501 g/mol. The first-order valence-electron chi connectivity index (χ1n) is 12.2. The molecule has 1 aromatic rings. The van der Waals surface area contributed by atoms with Crippen molar-refractivity contribution in [1.82, 2.24) is 0 Å². The topological polar surface area (TPSA) is 93.1 Å². The van der Waals surface area contributed by atoms with E-state index < -0.39 is 10.1 Å². The van der Waals surface area contributed by atoms with Gasteiger partial charge in [0.05, 0.1) is 14.2 Å². The van der Waals surface area contributed by atoms with Crippen molar-refractivity contribution in [3.8, 4) is 17.2 Å². The summed E-state index contributed by atoms with van der Waals surface area (Å²) in [5, 5.41) is 11.3. The molecule has 0 fully saturated rings. The number of rotatable bonds is 11. The Balaban J connectivity index is 4.40. The Kier molecular flexibility index (Phi) is 9.57. The molecule has 1 aromatic carbocycles. The molecular weight excluding hydrogens is 452 g/mol. The summed E-state index contributed by atoms with van der Waals surface area (Å²) in [6.45, 7) is 21.4. The van der Waals surface area contributed by atoms with Crippen LogP contribution < -0.4 is 9.47 Å². The van der Waals surface area contributed by atoms with Gasteiger partial charge >= 0.3 is 0 Å². The second kappa shape index (κ2) is 10.7. The molecule has 6 nitrogen and oxygen atoms in total. The van der Waals surface area contributed by atoms with E-state index in [0.29, 0.717) is 29.9 Å². The van der Waals surface area contributed by atoms with E-state index in [1.807, 2.05) is 6.92 Å². The summed E-state index contributed by atoms with van der Waals surface area (Å²) in [5.74, 6) is -0.308.